The molecule has 0 atom stereocenters. The third-order valence-electron chi connectivity index (χ3n) is 2.14. The summed E-state index contributed by atoms with van der Waals surface area (Å²) in [7, 11) is 0. The molecular weight excluding hydrogens is 208 g/mol. The standard InChI is InChI=1S/C11H16N2O3/c14-7-3-1-2-5-12-9-4-6-13-10(8-9)11(15)16/h4,6,8,14H,1-3,5,7H2,(H,12,13)(H,15,16). The van der Waals surface area contributed by atoms with Crippen LogP contribution < -0.4 is 5.32 Å². The molecule has 16 heavy (non-hydrogen) atoms. The molecule has 0 fully saturated rings. The molecule has 0 radical (unpaired) electrons. The van der Waals surface area contributed by atoms with Gasteiger partial charge in [0.25, 0.3) is 0 Å². The van der Waals surface area contributed by atoms with Crippen LogP contribution in [-0.4, -0.2) is 34.3 Å². The van der Waals surface area contributed by atoms with Gasteiger partial charge in [0.05, 0.1) is 0 Å². The Kier molecular flexibility index (Phi) is 5.28. The second kappa shape index (κ2) is 6.79. The van der Waals surface area contributed by atoms with Gasteiger partial charge in [-0.1, -0.05) is 0 Å². The minimum Gasteiger partial charge on any atom is -0.477 e. The number of rotatable bonds is 7. The monoisotopic (exact) mass is 224 g/mol. The van der Waals surface area contributed by atoms with Gasteiger partial charge in [-0.2, -0.15) is 0 Å². The molecule has 0 aliphatic heterocycles. The molecule has 3 N–H and O–H groups in total. The van der Waals surface area contributed by atoms with E-state index in [1.807, 2.05) is 0 Å². The Balaban J connectivity index is 2.36. The topological polar surface area (TPSA) is 82.5 Å². The average Bonchev–Trinajstić information content (AvgIpc) is 2.29. The fraction of sp³-hybridized carbons (Fsp3) is 0.455. The molecule has 88 valence electrons. The highest BCUT2D eigenvalue weighted by atomic mass is 16.4. The van der Waals surface area contributed by atoms with Gasteiger partial charge in [-0.3, -0.25) is 0 Å². The zero-order valence-corrected chi connectivity index (χ0v) is 9.02. The highest BCUT2D eigenvalue weighted by Gasteiger charge is 2.04. The molecule has 0 saturated carbocycles. The maximum atomic E-state index is 10.7. The normalized spacial score (nSPS) is 10.1. The molecule has 1 rings (SSSR count). The van der Waals surface area contributed by atoms with E-state index in [1.165, 1.54) is 12.3 Å². The van der Waals surface area contributed by atoms with Gasteiger partial charge in [-0.05, 0) is 31.4 Å². The van der Waals surface area contributed by atoms with Crippen LogP contribution in [0.1, 0.15) is 29.8 Å². The number of hydrogen-bond donors (Lipinski definition) is 3. The fourth-order valence-electron chi connectivity index (χ4n) is 1.30. The first-order valence-electron chi connectivity index (χ1n) is 5.28. The molecule has 0 amide bonds. The molecule has 0 saturated heterocycles. The molecule has 5 nitrogen and oxygen atoms in total. The number of aliphatic hydroxyl groups is 1. The van der Waals surface area contributed by atoms with Crippen LogP contribution in [0.3, 0.4) is 0 Å². The summed E-state index contributed by atoms with van der Waals surface area (Å²) in [6.07, 6.45) is 4.18. The molecule has 1 aromatic heterocycles. The van der Waals surface area contributed by atoms with E-state index in [0.29, 0.717) is 0 Å². The lowest BCUT2D eigenvalue weighted by Crippen LogP contribution is -2.05. The van der Waals surface area contributed by atoms with E-state index >= 15 is 0 Å². The Morgan fingerprint density at radius 3 is 2.88 bits per heavy atom. The van der Waals surface area contributed by atoms with E-state index in [1.54, 1.807) is 6.07 Å². The molecular formula is C11H16N2O3. The number of nitrogens with zero attached hydrogens (tertiary/aromatic N) is 1. The summed E-state index contributed by atoms with van der Waals surface area (Å²) in [6.45, 7) is 0.988. The largest absolute Gasteiger partial charge is 0.477 e. The van der Waals surface area contributed by atoms with Gasteiger partial charge < -0.3 is 15.5 Å². The summed E-state index contributed by atoms with van der Waals surface area (Å²) in [6, 6.07) is 3.24. The quantitative estimate of drug-likeness (QED) is 0.609. The lowest BCUT2D eigenvalue weighted by atomic mass is 10.2. The third-order valence-corrected chi connectivity index (χ3v) is 2.14. The van der Waals surface area contributed by atoms with Crippen LogP contribution in [0.25, 0.3) is 0 Å². The van der Waals surface area contributed by atoms with Crippen LogP contribution >= 0.6 is 0 Å². The number of aliphatic hydroxyl groups excluding tert-OH is 1. The summed E-state index contributed by atoms with van der Waals surface area (Å²) >= 11 is 0. The Morgan fingerprint density at radius 1 is 1.38 bits per heavy atom. The van der Waals surface area contributed by atoms with Crippen molar-refractivity contribution in [2.24, 2.45) is 0 Å². The number of pyridine rings is 1. The summed E-state index contributed by atoms with van der Waals surface area (Å²) in [5.74, 6) is -1.02. The van der Waals surface area contributed by atoms with Gasteiger partial charge in [0, 0.05) is 25.0 Å². The fourth-order valence-corrected chi connectivity index (χ4v) is 1.30. The van der Waals surface area contributed by atoms with Gasteiger partial charge in [0.1, 0.15) is 5.69 Å². The smallest absolute Gasteiger partial charge is 0.354 e. The minimum absolute atomic E-state index is 0.0420. The number of aromatic carboxylic acids is 1. The molecule has 1 aromatic rings. The Bertz CT molecular complexity index is 342. The summed E-state index contributed by atoms with van der Waals surface area (Å²) in [5, 5.41) is 20.4. The number of carbonyl (C=O) groups is 1. The van der Waals surface area contributed by atoms with Gasteiger partial charge in [0.2, 0.25) is 0 Å². The highest BCUT2D eigenvalue weighted by Crippen LogP contribution is 2.08. The number of aromatic nitrogens is 1. The molecule has 0 aromatic carbocycles. The summed E-state index contributed by atoms with van der Waals surface area (Å²) in [5.41, 5.74) is 0.803. The first kappa shape index (κ1) is 12.4. The van der Waals surface area contributed by atoms with E-state index in [2.05, 4.69) is 10.3 Å². The van der Waals surface area contributed by atoms with E-state index in [-0.39, 0.29) is 12.3 Å². The first-order chi connectivity index (χ1) is 7.74. The Morgan fingerprint density at radius 2 is 2.19 bits per heavy atom. The first-order valence-corrected chi connectivity index (χ1v) is 5.28. The molecule has 0 aliphatic rings. The lowest BCUT2D eigenvalue weighted by Gasteiger charge is -2.06. The lowest BCUT2D eigenvalue weighted by molar-refractivity contribution is 0.0690. The van der Waals surface area contributed by atoms with Crippen molar-refractivity contribution < 1.29 is 15.0 Å². The van der Waals surface area contributed by atoms with Crippen molar-refractivity contribution in [3.8, 4) is 0 Å². The number of nitrogens with one attached hydrogen (secondary N) is 1. The zero-order chi connectivity index (χ0) is 11.8. The number of unbranched alkanes of at least 4 members (excludes halogenated alkanes) is 2. The van der Waals surface area contributed by atoms with E-state index in [9.17, 15) is 4.79 Å². The third kappa shape index (κ3) is 4.27. The maximum Gasteiger partial charge on any atom is 0.354 e. The summed E-state index contributed by atoms with van der Waals surface area (Å²) < 4.78 is 0. The van der Waals surface area contributed by atoms with Crippen LogP contribution in [0.15, 0.2) is 18.3 Å². The van der Waals surface area contributed by atoms with Crippen molar-refractivity contribution in [3.05, 3.63) is 24.0 Å². The maximum absolute atomic E-state index is 10.7. The van der Waals surface area contributed by atoms with Crippen LogP contribution in [0.5, 0.6) is 0 Å². The number of anilines is 1. The van der Waals surface area contributed by atoms with Crippen molar-refractivity contribution in [2.75, 3.05) is 18.5 Å². The zero-order valence-electron chi connectivity index (χ0n) is 9.02. The molecule has 1 heterocycles. The van der Waals surface area contributed by atoms with Gasteiger partial charge >= 0.3 is 5.97 Å². The van der Waals surface area contributed by atoms with Crippen LogP contribution in [-0.2, 0) is 0 Å². The van der Waals surface area contributed by atoms with Crippen molar-refractivity contribution in [2.45, 2.75) is 19.3 Å². The second-order valence-corrected chi connectivity index (χ2v) is 3.45. The molecule has 0 bridgehead atoms. The SMILES string of the molecule is O=C(O)c1cc(NCCCCCO)ccn1. The number of carboxylic acids is 1. The Labute approximate surface area is 94.1 Å². The molecule has 0 unspecified atom stereocenters. The van der Waals surface area contributed by atoms with E-state index in [0.717, 1.165) is 31.5 Å². The number of hydrogen-bond acceptors (Lipinski definition) is 4. The van der Waals surface area contributed by atoms with Crippen molar-refractivity contribution in [1.82, 2.24) is 4.98 Å². The van der Waals surface area contributed by atoms with Crippen LogP contribution in [0.2, 0.25) is 0 Å². The van der Waals surface area contributed by atoms with Gasteiger partial charge in [-0.25, -0.2) is 9.78 Å². The van der Waals surface area contributed by atoms with Crippen LogP contribution in [0, 0.1) is 0 Å². The van der Waals surface area contributed by atoms with Gasteiger partial charge in [0.15, 0.2) is 0 Å². The number of carboxylic acid groups (broad SMARTS) is 1. The Hall–Kier alpha value is -1.62. The molecule has 5 heteroatoms. The van der Waals surface area contributed by atoms with Gasteiger partial charge in [-0.15, -0.1) is 0 Å². The summed E-state index contributed by atoms with van der Waals surface area (Å²) in [4.78, 5) is 14.4. The average molecular weight is 224 g/mol. The van der Waals surface area contributed by atoms with Crippen molar-refractivity contribution in [3.63, 3.8) is 0 Å². The highest BCUT2D eigenvalue weighted by molar-refractivity contribution is 5.86. The predicted octanol–water partition coefficient (Wildman–Crippen LogP) is 1.35. The second-order valence-electron chi connectivity index (χ2n) is 3.45. The predicted molar refractivity (Wildman–Crippen MR) is 60.6 cm³/mol. The van der Waals surface area contributed by atoms with Crippen LogP contribution in [0.4, 0.5) is 5.69 Å². The molecule has 0 spiro atoms. The molecule has 0 aliphatic carbocycles. The van der Waals surface area contributed by atoms with E-state index in [4.69, 9.17) is 10.2 Å². The minimum atomic E-state index is -1.02. The van der Waals surface area contributed by atoms with Crippen molar-refractivity contribution >= 4 is 11.7 Å². The van der Waals surface area contributed by atoms with E-state index < -0.39 is 5.97 Å². The van der Waals surface area contributed by atoms with Crippen molar-refractivity contribution in [1.29, 1.82) is 0 Å².